The van der Waals surface area contributed by atoms with Crippen LogP contribution in [0, 0.1) is 0 Å². The first-order valence-corrected chi connectivity index (χ1v) is 24.1. The van der Waals surface area contributed by atoms with Crippen LogP contribution < -0.4 is 9.64 Å². The molecule has 1 aromatic heterocycles. The van der Waals surface area contributed by atoms with E-state index in [1.165, 1.54) is 75.8 Å². The third-order valence-corrected chi connectivity index (χ3v) is 16.1. The van der Waals surface area contributed by atoms with Crippen molar-refractivity contribution in [2.75, 3.05) is 4.90 Å². The number of ether oxygens (including phenoxy) is 1. The Balaban J connectivity index is 1.05. The standard InChI is InChI=1S/C64H43NOS/c1-63(2)51-24-10-6-19-45(51)48-34-32-42(38-55(48)63)65(57-35-31-41(37-50(57)40-17-4-3-5-18-40)44-23-16-30-61-62(44)49-22-9-15-29-60(49)67-61)43-33-36-59-56(39-43)64(54-27-13-14-28-58(54)66-59)52-25-11-7-20-46(52)47-21-8-12-26-53(47)64/h3-39H,1-2H3. The van der Waals surface area contributed by atoms with Crippen molar-refractivity contribution in [2.45, 2.75) is 24.7 Å². The Labute approximate surface area is 394 Å². The van der Waals surface area contributed by atoms with Crippen LogP contribution >= 0.6 is 11.3 Å². The Kier molecular flexibility index (Phi) is 8.15. The van der Waals surface area contributed by atoms with Crippen LogP contribution in [0.3, 0.4) is 0 Å². The van der Waals surface area contributed by atoms with E-state index in [4.69, 9.17) is 4.74 Å². The van der Waals surface area contributed by atoms with E-state index in [1.807, 2.05) is 11.3 Å². The van der Waals surface area contributed by atoms with E-state index >= 15 is 0 Å². The first-order chi connectivity index (χ1) is 33.0. The Bertz CT molecular complexity index is 3790. The lowest BCUT2D eigenvalue weighted by Crippen LogP contribution is -2.32. The fourth-order valence-electron chi connectivity index (χ4n) is 12.0. The minimum Gasteiger partial charge on any atom is -0.457 e. The predicted octanol–water partition coefficient (Wildman–Crippen LogP) is 17.6. The van der Waals surface area contributed by atoms with Gasteiger partial charge in [-0.15, -0.1) is 11.3 Å². The highest BCUT2D eigenvalue weighted by Gasteiger charge is 2.51. The van der Waals surface area contributed by atoms with Crippen molar-refractivity contribution in [3.05, 3.63) is 258 Å². The highest BCUT2D eigenvalue weighted by molar-refractivity contribution is 7.25. The smallest absolute Gasteiger partial charge is 0.132 e. The maximum Gasteiger partial charge on any atom is 0.132 e. The topological polar surface area (TPSA) is 12.5 Å². The van der Waals surface area contributed by atoms with Crippen LogP contribution in [0.2, 0.25) is 0 Å². The average Bonchev–Trinajstić information content (AvgIpc) is 3.99. The zero-order chi connectivity index (χ0) is 44.4. The van der Waals surface area contributed by atoms with Crippen LogP contribution in [0.1, 0.15) is 47.2 Å². The Morgan fingerprint density at radius 3 is 1.72 bits per heavy atom. The van der Waals surface area contributed by atoms with Crippen LogP contribution in [0.25, 0.3) is 64.7 Å². The van der Waals surface area contributed by atoms with Crippen molar-refractivity contribution in [1.82, 2.24) is 0 Å². The molecule has 2 nitrogen and oxygen atoms in total. The number of thiophene rings is 1. The summed E-state index contributed by atoms with van der Waals surface area (Å²) >= 11 is 1.87. The molecule has 0 fully saturated rings. The second-order valence-electron chi connectivity index (χ2n) is 18.7. The number of hydrogen-bond acceptors (Lipinski definition) is 3. The number of para-hydroxylation sites is 1. The van der Waals surface area contributed by atoms with E-state index in [0.29, 0.717) is 0 Å². The van der Waals surface area contributed by atoms with Crippen LogP contribution in [-0.2, 0) is 10.8 Å². The molecule has 316 valence electrons. The molecule has 0 atom stereocenters. The molecule has 0 bridgehead atoms. The van der Waals surface area contributed by atoms with E-state index in [0.717, 1.165) is 50.8 Å². The molecular weight excluding hydrogens is 831 g/mol. The molecule has 14 rings (SSSR count). The van der Waals surface area contributed by atoms with Crippen molar-refractivity contribution < 1.29 is 4.74 Å². The molecule has 0 N–H and O–H groups in total. The molecule has 0 radical (unpaired) electrons. The SMILES string of the molecule is CC1(C)c2ccccc2-c2ccc(N(c3ccc4c(c3)C3(c5ccccc5O4)c4ccccc4-c4ccccc43)c3ccc(-c4cccc5sc6ccccc6c45)cc3-c3ccccc3)cc21. The van der Waals surface area contributed by atoms with Crippen molar-refractivity contribution >= 4 is 48.6 Å². The highest BCUT2D eigenvalue weighted by Crippen LogP contribution is 2.63. The molecule has 1 spiro atoms. The summed E-state index contributed by atoms with van der Waals surface area (Å²) in [7, 11) is 0. The molecule has 3 heteroatoms. The normalized spacial score (nSPS) is 14.2. The van der Waals surface area contributed by atoms with E-state index < -0.39 is 5.41 Å². The molecule has 11 aromatic rings. The Hall–Kier alpha value is -7.98. The summed E-state index contributed by atoms with van der Waals surface area (Å²) in [6.45, 7) is 4.74. The van der Waals surface area contributed by atoms with Crippen molar-refractivity contribution in [1.29, 1.82) is 0 Å². The quantitative estimate of drug-likeness (QED) is 0.171. The maximum absolute atomic E-state index is 6.96. The van der Waals surface area contributed by atoms with Crippen LogP contribution in [0.5, 0.6) is 11.5 Å². The number of rotatable bonds is 5. The molecule has 67 heavy (non-hydrogen) atoms. The van der Waals surface area contributed by atoms with E-state index in [-0.39, 0.29) is 5.41 Å². The first-order valence-electron chi connectivity index (χ1n) is 23.2. The third kappa shape index (κ3) is 5.38. The fourth-order valence-corrected chi connectivity index (χ4v) is 13.1. The molecule has 2 aliphatic carbocycles. The summed E-state index contributed by atoms with van der Waals surface area (Å²) in [4.78, 5) is 2.51. The lowest BCUT2D eigenvalue weighted by molar-refractivity contribution is 0.436. The number of anilines is 3. The molecule has 3 aliphatic rings. The summed E-state index contributed by atoms with van der Waals surface area (Å²) in [6.07, 6.45) is 0. The van der Waals surface area contributed by atoms with Gasteiger partial charge in [0, 0.05) is 53.7 Å². The number of fused-ring (bicyclic) bond motifs is 15. The first kappa shape index (κ1) is 38.3. The lowest BCUT2D eigenvalue weighted by Gasteiger charge is -2.40. The lowest BCUT2D eigenvalue weighted by atomic mass is 9.66. The summed E-state index contributed by atoms with van der Waals surface area (Å²) in [6, 6.07) is 83.2. The summed E-state index contributed by atoms with van der Waals surface area (Å²) in [5.74, 6) is 1.76. The third-order valence-electron chi connectivity index (χ3n) is 14.9. The van der Waals surface area contributed by atoms with Gasteiger partial charge < -0.3 is 9.64 Å². The monoisotopic (exact) mass is 873 g/mol. The molecule has 2 heterocycles. The van der Waals surface area contributed by atoms with Gasteiger partial charge in [-0.2, -0.15) is 0 Å². The highest BCUT2D eigenvalue weighted by atomic mass is 32.1. The minimum absolute atomic E-state index is 0.184. The van der Waals surface area contributed by atoms with Gasteiger partial charge in [0.2, 0.25) is 0 Å². The van der Waals surface area contributed by atoms with Crippen molar-refractivity contribution in [3.63, 3.8) is 0 Å². The van der Waals surface area contributed by atoms with Crippen LogP contribution in [0.15, 0.2) is 224 Å². The van der Waals surface area contributed by atoms with Gasteiger partial charge in [0.25, 0.3) is 0 Å². The predicted molar refractivity (Wildman–Crippen MR) is 280 cm³/mol. The molecule has 0 amide bonds. The number of nitrogens with zero attached hydrogens (tertiary/aromatic N) is 1. The summed E-state index contributed by atoms with van der Waals surface area (Å²) in [5.41, 5.74) is 19.9. The summed E-state index contributed by atoms with van der Waals surface area (Å²) < 4.78 is 9.57. The van der Waals surface area contributed by atoms with Crippen LogP contribution in [0.4, 0.5) is 17.1 Å². The van der Waals surface area contributed by atoms with Gasteiger partial charge in [0.15, 0.2) is 0 Å². The van der Waals surface area contributed by atoms with E-state index in [2.05, 4.69) is 243 Å². The maximum atomic E-state index is 6.96. The minimum atomic E-state index is -0.602. The van der Waals surface area contributed by atoms with Gasteiger partial charge >= 0.3 is 0 Å². The fraction of sp³-hybridized carbons (Fsp3) is 0.0625. The van der Waals surface area contributed by atoms with Gasteiger partial charge in [-0.1, -0.05) is 178 Å². The molecular formula is C64H43NOS. The molecule has 1 aliphatic heterocycles. The number of benzene rings is 10. The number of hydrogen-bond donors (Lipinski definition) is 0. The van der Waals surface area contributed by atoms with Gasteiger partial charge in [0.05, 0.1) is 11.1 Å². The van der Waals surface area contributed by atoms with E-state index in [9.17, 15) is 0 Å². The molecule has 10 aromatic carbocycles. The second-order valence-corrected chi connectivity index (χ2v) is 19.8. The summed E-state index contributed by atoms with van der Waals surface area (Å²) in [5, 5.41) is 2.61. The second kappa shape index (κ2) is 14.3. The largest absolute Gasteiger partial charge is 0.457 e. The van der Waals surface area contributed by atoms with Gasteiger partial charge in [-0.05, 0) is 122 Å². The molecule has 0 saturated heterocycles. The van der Waals surface area contributed by atoms with Crippen LogP contribution in [-0.4, -0.2) is 0 Å². The molecule has 0 saturated carbocycles. The van der Waals surface area contributed by atoms with E-state index in [1.54, 1.807) is 0 Å². The molecule has 0 unspecified atom stereocenters. The van der Waals surface area contributed by atoms with Gasteiger partial charge in [-0.25, -0.2) is 0 Å². The van der Waals surface area contributed by atoms with Gasteiger partial charge in [-0.3, -0.25) is 0 Å². The van der Waals surface area contributed by atoms with Gasteiger partial charge in [0.1, 0.15) is 11.5 Å². The zero-order valence-electron chi connectivity index (χ0n) is 37.1. The Morgan fingerprint density at radius 2 is 0.940 bits per heavy atom. The zero-order valence-corrected chi connectivity index (χ0v) is 37.9. The van der Waals surface area contributed by atoms with Crippen molar-refractivity contribution in [3.8, 4) is 56.0 Å². The average molecular weight is 874 g/mol. The van der Waals surface area contributed by atoms with Crippen molar-refractivity contribution in [2.24, 2.45) is 0 Å². The Morgan fingerprint density at radius 1 is 0.373 bits per heavy atom.